The van der Waals surface area contributed by atoms with E-state index < -0.39 is 5.82 Å². The lowest BCUT2D eigenvalue weighted by Gasteiger charge is -2.10. The van der Waals surface area contributed by atoms with Gasteiger partial charge in [0.2, 0.25) is 5.91 Å². The van der Waals surface area contributed by atoms with Gasteiger partial charge >= 0.3 is 0 Å². The number of benzene rings is 1. The second-order valence-corrected chi connectivity index (χ2v) is 7.03. The van der Waals surface area contributed by atoms with Crippen molar-refractivity contribution in [2.75, 3.05) is 24.8 Å². The standard InChI is InChI=1S/C18H17ClFN5O2S/c1-27-9-8-25-17(12-4-6-21-7-5-12)23-24-18(25)28-11-16(26)22-15-10-13(19)2-3-14(15)20/h2-7,10H,8-9,11H2,1H3,(H,22,26). The number of methoxy groups -OCH3 is 1. The molecule has 1 amide bonds. The number of nitrogens with one attached hydrogen (secondary N) is 1. The van der Waals surface area contributed by atoms with Gasteiger partial charge < -0.3 is 10.1 Å². The van der Waals surface area contributed by atoms with E-state index in [0.717, 1.165) is 5.56 Å². The summed E-state index contributed by atoms with van der Waals surface area (Å²) in [5.74, 6) is -0.236. The van der Waals surface area contributed by atoms with Crippen molar-refractivity contribution in [3.05, 3.63) is 53.6 Å². The van der Waals surface area contributed by atoms with Crippen molar-refractivity contribution >= 4 is 35.0 Å². The van der Waals surface area contributed by atoms with Crippen molar-refractivity contribution in [3.8, 4) is 11.4 Å². The van der Waals surface area contributed by atoms with Crippen LogP contribution >= 0.6 is 23.4 Å². The average molecular weight is 422 g/mol. The molecule has 0 aliphatic heterocycles. The molecular weight excluding hydrogens is 405 g/mol. The Hall–Kier alpha value is -2.49. The smallest absolute Gasteiger partial charge is 0.234 e. The maximum absolute atomic E-state index is 13.8. The number of hydrogen-bond donors (Lipinski definition) is 1. The van der Waals surface area contributed by atoms with Crippen LogP contribution in [0.15, 0.2) is 47.9 Å². The van der Waals surface area contributed by atoms with E-state index in [1.165, 1.54) is 30.0 Å². The van der Waals surface area contributed by atoms with Crippen LogP contribution in [-0.4, -0.2) is 45.1 Å². The minimum Gasteiger partial charge on any atom is -0.383 e. The Balaban J connectivity index is 1.72. The molecule has 1 aromatic carbocycles. The minimum absolute atomic E-state index is 0.0351. The number of pyridine rings is 1. The van der Waals surface area contributed by atoms with Crippen LogP contribution in [0.5, 0.6) is 0 Å². The van der Waals surface area contributed by atoms with E-state index in [0.29, 0.717) is 29.2 Å². The molecule has 0 unspecified atom stereocenters. The molecule has 10 heteroatoms. The van der Waals surface area contributed by atoms with E-state index >= 15 is 0 Å². The summed E-state index contributed by atoms with van der Waals surface area (Å²) in [6.45, 7) is 0.984. The summed E-state index contributed by atoms with van der Waals surface area (Å²) in [4.78, 5) is 16.2. The zero-order chi connectivity index (χ0) is 19.9. The second kappa shape index (κ2) is 9.63. The van der Waals surface area contributed by atoms with E-state index in [1.807, 2.05) is 16.7 Å². The molecule has 0 saturated carbocycles. The zero-order valence-electron chi connectivity index (χ0n) is 14.9. The highest BCUT2D eigenvalue weighted by atomic mass is 35.5. The SMILES string of the molecule is COCCn1c(SCC(=O)Nc2cc(Cl)ccc2F)nnc1-c1ccncc1. The maximum atomic E-state index is 13.8. The van der Waals surface area contributed by atoms with Gasteiger partial charge in [-0.25, -0.2) is 4.39 Å². The van der Waals surface area contributed by atoms with Crippen molar-refractivity contribution in [3.63, 3.8) is 0 Å². The Morgan fingerprint density at radius 1 is 1.29 bits per heavy atom. The normalized spacial score (nSPS) is 10.8. The van der Waals surface area contributed by atoms with Crippen LogP contribution in [0.25, 0.3) is 11.4 Å². The van der Waals surface area contributed by atoms with Crippen molar-refractivity contribution in [1.82, 2.24) is 19.7 Å². The molecule has 0 radical (unpaired) electrons. The van der Waals surface area contributed by atoms with Gasteiger partial charge in [-0.2, -0.15) is 0 Å². The van der Waals surface area contributed by atoms with Crippen LogP contribution in [0.4, 0.5) is 10.1 Å². The lowest BCUT2D eigenvalue weighted by atomic mass is 10.2. The van der Waals surface area contributed by atoms with Crippen molar-refractivity contribution in [1.29, 1.82) is 0 Å². The van der Waals surface area contributed by atoms with Gasteiger partial charge in [0, 0.05) is 30.1 Å². The highest BCUT2D eigenvalue weighted by molar-refractivity contribution is 7.99. The summed E-state index contributed by atoms with van der Waals surface area (Å²) < 4.78 is 20.8. The molecule has 0 spiro atoms. The van der Waals surface area contributed by atoms with Crippen LogP contribution in [0.2, 0.25) is 5.02 Å². The number of thioether (sulfide) groups is 1. The van der Waals surface area contributed by atoms with E-state index in [9.17, 15) is 9.18 Å². The van der Waals surface area contributed by atoms with Crippen LogP contribution in [-0.2, 0) is 16.1 Å². The number of anilines is 1. The highest BCUT2D eigenvalue weighted by Gasteiger charge is 2.16. The van der Waals surface area contributed by atoms with Gasteiger partial charge in [-0.1, -0.05) is 23.4 Å². The Bertz CT molecular complexity index is 954. The Labute approximate surface area is 170 Å². The zero-order valence-corrected chi connectivity index (χ0v) is 16.5. The third-order valence-electron chi connectivity index (χ3n) is 3.71. The number of halogens is 2. The Morgan fingerprint density at radius 3 is 2.82 bits per heavy atom. The summed E-state index contributed by atoms with van der Waals surface area (Å²) >= 11 is 7.04. The van der Waals surface area contributed by atoms with Crippen LogP contribution in [0.3, 0.4) is 0 Å². The number of carbonyl (C=O) groups is 1. The summed E-state index contributed by atoms with van der Waals surface area (Å²) in [5, 5.41) is 11.8. The lowest BCUT2D eigenvalue weighted by molar-refractivity contribution is -0.113. The van der Waals surface area contributed by atoms with Crippen molar-refractivity contribution in [2.24, 2.45) is 0 Å². The fourth-order valence-corrected chi connectivity index (χ4v) is 3.34. The number of carbonyl (C=O) groups excluding carboxylic acids is 1. The van der Waals surface area contributed by atoms with E-state index in [2.05, 4.69) is 20.5 Å². The average Bonchev–Trinajstić information content (AvgIpc) is 3.11. The molecule has 146 valence electrons. The Morgan fingerprint density at radius 2 is 2.07 bits per heavy atom. The molecule has 2 heterocycles. The molecule has 28 heavy (non-hydrogen) atoms. The number of rotatable bonds is 8. The lowest BCUT2D eigenvalue weighted by Crippen LogP contribution is -2.16. The molecule has 0 bridgehead atoms. The van der Waals surface area contributed by atoms with Crippen molar-refractivity contribution < 1.29 is 13.9 Å². The molecular formula is C18H17ClFN5O2S. The molecule has 0 saturated heterocycles. The van der Waals surface area contributed by atoms with Gasteiger partial charge in [0.1, 0.15) is 5.82 Å². The highest BCUT2D eigenvalue weighted by Crippen LogP contribution is 2.24. The number of amides is 1. The number of ether oxygens (including phenoxy) is 1. The summed E-state index contributed by atoms with van der Waals surface area (Å²) in [6, 6.07) is 7.64. The predicted octanol–water partition coefficient (Wildman–Crippen LogP) is 3.51. The third-order valence-corrected chi connectivity index (χ3v) is 4.91. The first-order valence-corrected chi connectivity index (χ1v) is 9.65. The quantitative estimate of drug-likeness (QED) is 0.560. The molecule has 0 fully saturated rings. The first kappa shape index (κ1) is 20.2. The summed E-state index contributed by atoms with van der Waals surface area (Å²) in [5.41, 5.74) is 0.896. The number of hydrogen-bond acceptors (Lipinski definition) is 6. The van der Waals surface area contributed by atoms with E-state index in [4.69, 9.17) is 16.3 Å². The van der Waals surface area contributed by atoms with Crippen molar-refractivity contribution in [2.45, 2.75) is 11.7 Å². The predicted molar refractivity (Wildman–Crippen MR) is 106 cm³/mol. The maximum Gasteiger partial charge on any atom is 0.234 e. The van der Waals surface area contributed by atoms with Gasteiger partial charge in [0.15, 0.2) is 11.0 Å². The monoisotopic (exact) mass is 421 g/mol. The number of aromatic nitrogens is 4. The van der Waals surface area contributed by atoms with Crippen LogP contribution in [0.1, 0.15) is 0 Å². The molecule has 3 aromatic rings. The molecule has 0 aliphatic carbocycles. The molecule has 0 aliphatic rings. The second-order valence-electron chi connectivity index (χ2n) is 5.65. The van der Waals surface area contributed by atoms with Gasteiger partial charge in [0.25, 0.3) is 0 Å². The third kappa shape index (κ3) is 5.06. The number of nitrogens with zero attached hydrogens (tertiary/aromatic N) is 4. The van der Waals surface area contributed by atoms with Gasteiger partial charge in [-0.3, -0.25) is 14.3 Å². The van der Waals surface area contributed by atoms with Gasteiger partial charge in [-0.15, -0.1) is 10.2 Å². The fourth-order valence-electron chi connectivity index (χ4n) is 2.40. The molecule has 2 aromatic heterocycles. The largest absolute Gasteiger partial charge is 0.383 e. The summed E-state index contributed by atoms with van der Waals surface area (Å²) in [7, 11) is 1.61. The topological polar surface area (TPSA) is 81.9 Å². The molecule has 7 nitrogen and oxygen atoms in total. The van der Waals surface area contributed by atoms with Gasteiger partial charge in [-0.05, 0) is 30.3 Å². The molecule has 0 atom stereocenters. The van der Waals surface area contributed by atoms with E-state index in [-0.39, 0.29) is 17.3 Å². The van der Waals surface area contributed by atoms with E-state index in [1.54, 1.807) is 19.5 Å². The first-order valence-electron chi connectivity index (χ1n) is 8.28. The van der Waals surface area contributed by atoms with Gasteiger partial charge in [0.05, 0.1) is 24.6 Å². The van der Waals surface area contributed by atoms with Crippen LogP contribution in [0, 0.1) is 5.82 Å². The van der Waals surface area contributed by atoms with Crippen LogP contribution < -0.4 is 5.32 Å². The Kier molecular flexibility index (Phi) is 6.96. The molecule has 3 rings (SSSR count). The summed E-state index contributed by atoms with van der Waals surface area (Å²) in [6.07, 6.45) is 3.34. The molecule has 1 N–H and O–H groups in total. The minimum atomic E-state index is -0.550. The fraction of sp³-hybridized carbons (Fsp3) is 0.222. The first-order chi connectivity index (χ1) is 13.6.